The fourth-order valence-electron chi connectivity index (χ4n) is 5.11. The number of alkyl halides is 2. The van der Waals surface area contributed by atoms with Gasteiger partial charge in [0.15, 0.2) is 0 Å². The van der Waals surface area contributed by atoms with Gasteiger partial charge in [-0.25, -0.2) is 22.9 Å². The van der Waals surface area contributed by atoms with Crippen molar-refractivity contribution >= 4 is 17.7 Å². The molecular weight excluding hydrogens is 527 g/mol. The molecular formula is C28H30F3N5O4. The number of pyridine rings is 1. The average molecular weight is 558 g/mol. The summed E-state index contributed by atoms with van der Waals surface area (Å²) in [5.74, 6) is -0.883. The van der Waals surface area contributed by atoms with Crippen LogP contribution in [0.5, 0.6) is 5.88 Å². The number of nitrogens with one attached hydrogen (secondary N) is 2. The Morgan fingerprint density at radius 1 is 1.10 bits per heavy atom. The molecule has 212 valence electrons. The third-order valence-electron chi connectivity index (χ3n) is 7.24. The first-order valence-corrected chi connectivity index (χ1v) is 13.1. The van der Waals surface area contributed by atoms with E-state index in [2.05, 4.69) is 20.7 Å². The number of halogens is 3. The highest BCUT2D eigenvalue weighted by Gasteiger charge is 2.48. The van der Waals surface area contributed by atoms with Crippen molar-refractivity contribution in [1.29, 1.82) is 0 Å². The highest BCUT2D eigenvalue weighted by Crippen LogP contribution is 2.51. The van der Waals surface area contributed by atoms with E-state index in [1.807, 2.05) is 30.3 Å². The maximum absolute atomic E-state index is 14.1. The monoisotopic (exact) mass is 557 g/mol. The van der Waals surface area contributed by atoms with Gasteiger partial charge < -0.3 is 20.1 Å². The highest BCUT2D eigenvalue weighted by atomic mass is 19.3. The molecule has 0 radical (unpaired) electrons. The lowest BCUT2D eigenvalue weighted by Gasteiger charge is -2.27. The molecule has 40 heavy (non-hydrogen) atoms. The number of aromatic nitrogens is 3. The SMILES string of the molecule is COc1ncc(F)cc1C(C(F)F)n1cc(NC(=O)C(NC(=O)OCc2ccccc2)C(C2CC2)C2CC2)cn1. The van der Waals surface area contributed by atoms with Crippen molar-refractivity contribution in [3.05, 3.63) is 71.9 Å². The van der Waals surface area contributed by atoms with E-state index in [9.17, 15) is 22.8 Å². The summed E-state index contributed by atoms with van der Waals surface area (Å²) in [5.41, 5.74) is 0.765. The van der Waals surface area contributed by atoms with Crippen LogP contribution < -0.4 is 15.4 Å². The second-order valence-corrected chi connectivity index (χ2v) is 10.2. The minimum Gasteiger partial charge on any atom is -0.481 e. The Morgan fingerprint density at radius 3 is 2.42 bits per heavy atom. The summed E-state index contributed by atoms with van der Waals surface area (Å²) in [7, 11) is 1.25. The van der Waals surface area contributed by atoms with Crippen molar-refractivity contribution in [3.63, 3.8) is 0 Å². The number of nitrogens with zero attached hydrogens (tertiary/aromatic N) is 3. The summed E-state index contributed by atoms with van der Waals surface area (Å²) in [6.45, 7) is 0.0543. The maximum atomic E-state index is 14.1. The zero-order valence-electron chi connectivity index (χ0n) is 21.8. The van der Waals surface area contributed by atoms with Crippen LogP contribution in [0.2, 0.25) is 0 Å². The third-order valence-corrected chi connectivity index (χ3v) is 7.24. The van der Waals surface area contributed by atoms with E-state index in [-0.39, 0.29) is 29.7 Å². The van der Waals surface area contributed by atoms with E-state index in [1.54, 1.807) is 0 Å². The third kappa shape index (κ3) is 6.54. The Balaban J connectivity index is 1.32. The summed E-state index contributed by atoms with van der Waals surface area (Å²) in [6.07, 6.45) is 3.53. The summed E-state index contributed by atoms with van der Waals surface area (Å²) in [4.78, 5) is 30.0. The molecule has 2 unspecified atom stereocenters. The van der Waals surface area contributed by atoms with Gasteiger partial charge in [0.1, 0.15) is 24.5 Å². The topological polar surface area (TPSA) is 107 Å². The van der Waals surface area contributed by atoms with E-state index in [0.717, 1.165) is 48.2 Å². The second kappa shape index (κ2) is 12.0. The molecule has 2 atom stereocenters. The lowest BCUT2D eigenvalue weighted by atomic mass is 9.89. The number of alkyl carbamates (subject to hydrolysis) is 1. The molecule has 2 amide bonds. The molecule has 2 aliphatic carbocycles. The number of ether oxygens (including phenoxy) is 2. The molecule has 2 aromatic heterocycles. The quantitative estimate of drug-likeness (QED) is 0.326. The van der Waals surface area contributed by atoms with Gasteiger partial charge in [-0.3, -0.25) is 9.48 Å². The van der Waals surface area contributed by atoms with Gasteiger partial charge in [-0.2, -0.15) is 5.10 Å². The number of hydrogen-bond acceptors (Lipinski definition) is 6. The molecule has 0 saturated heterocycles. The van der Waals surface area contributed by atoms with E-state index < -0.39 is 36.3 Å². The van der Waals surface area contributed by atoms with E-state index in [1.165, 1.54) is 19.5 Å². The molecule has 1 aromatic carbocycles. The molecule has 5 rings (SSSR count). The smallest absolute Gasteiger partial charge is 0.408 e. The number of amides is 2. The van der Waals surface area contributed by atoms with Crippen LogP contribution in [0, 0.1) is 23.6 Å². The molecule has 2 heterocycles. The number of carbonyl (C=O) groups is 2. The van der Waals surface area contributed by atoms with Gasteiger partial charge in [0.25, 0.3) is 6.43 Å². The Kier molecular flexibility index (Phi) is 8.22. The van der Waals surface area contributed by atoms with Gasteiger partial charge in [-0.05, 0) is 55.1 Å². The van der Waals surface area contributed by atoms with Gasteiger partial charge in [0, 0.05) is 11.8 Å². The fraction of sp³-hybridized carbons (Fsp3) is 0.429. The van der Waals surface area contributed by atoms with Crippen LogP contribution in [0.3, 0.4) is 0 Å². The van der Waals surface area contributed by atoms with Crippen molar-refractivity contribution in [2.75, 3.05) is 12.4 Å². The normalized spacial score (nSPS) is 16.4. The first-order chi connectivity index (χ1) is 19.3. The van der Waals surface area contributed by atoms with Crippen LogP contribution in [0.4, 0.5) is 23.7 Å². The first-order valence-electron chi connectivity index (χ1n) is 13.1. The fourth-order valence-corrected chi connectivity index (χ4v) is 5.11. The highest BCUT2D eigenvalue weighted by molar-refractivity contribution is 5.96. The largest absolute Gasteiger partial charge is 0.481 e. The summed E-state index contributed by atoms with van der Waals surface area (Å²) in [5, 5.41) is 9.47. The van der Waals surface area contributed by atoms with Gasteiger partial charge >= 0.3 is 6.09 Å². The van der Waals surface area contributed by atoms with Crippen LogP contribution in [0.15, 0.2) is 55.0 Å². The van der Waals surface area contributed by atoms with Gasteiger partial charge in [-0.15, -0.1) is 0 Å². The molecule has 0 spiro atoms. The van der Waals surface area contributed by atoms with E-state index in [4.69, 9.17) is 9.47 Å². The number of hydrogen-bond donors (Lipinski definition) is 2. The average Bonchev–Trinajstić information content (AvgIpc) is 3.88. The zero-order chi connectivity index (χ0) is 28.2. The first kappa shape index (κ1) is 27.5. The van der Waals surface area contributed by atoms with Crippen LogP contribution in [-0.2, 0) is 16.1 Å². The van der Waals surface area contributed by atoms with Gasteiger partial charge in [0.05, 0.1) is 25.2 Å². The Bertz CT molecular complexity index is 1320. The van der Waals surface area contributed by atoms with Crippen molar-refractivity contribution in [2.45, 2.75) is 50.8 Å². The summed E-state index contributed by atoms with van der Waals surface area (Å²) in [6, 6.07) is 7.52. The molecule has 2 fully saturated rings. The Labute approximate surface area is 229 Å². The number of rotatable bonds is 12. The van der Waals surface area contributed by atoms with Gasteiger partial charge in [0.2, 0.25) is 11.8 Å². The van der Waals surface area contributed by atoms with Crippen molar-refractivity contribution < 1.29 is 32.2 Å². The zero-order valence-corrected chi connectivity index (χ0v) is 21.8. The predicted octanol–water partition coefficient (Wildman–Crippen LogP) is 4.95. The van der Waals surface area contributed by atoms with Crippen molar-refractivity contribution in [1.82, 2.24) is 20.1 Å². The number of benzene rings is 1. The molecule has 2 saturated carbocycles. The van der Waals surface area contributed by atoms with Crippen LogP contribution in [0.25, 0.3) is 0 Å². The minimum atomic E-state index is -2.98. The van der Waals surface area contributed by atoms with Crippen LogP contribution in [-0.4, -0.2) is 46.3 Å². The van der Waals surface area contributed by atoms with Crippen molar-refractivity contribution in [2.24, 2.45) is 17.8 Å². The number of methoxy groups -OCH3 is 1. The molecule has 0 bridgehead atoms. The molecule has 12 heteroatoms. The lowest BCUT2D eigenvalue weighted by Crippen LogP contribution is -2.50. The summed E-state index contributed by atoms with van der Waals surface area (Å²) < 4.78 is 53.5. The number of anilines is 1. The van der Waals surface area contributed by atoms with Crippen molar-refractivity contribution in [3.8, 4) is 5.88 Å². The minimum absolute atomic E-state index is 0.0543. The molecule has 2 N–H and O–H groups in total. The standard InChI is InChI=1S/C28H30F3N5O4/c1-39-27-21(11-19(29)12-32-27)24(25(30)31)36-14-20(13-33-36)34-26(37)23(22(17-7-8-17)18-9-10-18)35-28(38)40-15-16-5-3-2-4-6-16/h2-6,11-14,17-18,22-25H,7-10,15H2,1H3,(H,34,37)(H,35,38). The molecule has 3 aromatic rings. The van der Waals surface area contributed by atoms with E-state index in [0.29, 0.717) is 11.8 Å². The second-order valence-electron chi connectivity index (χ2n) is 10.2. The lowest BCUT2D eigenvalue weighted by molar-refractivity contribution is -0.119. The molecule has 0 aliphatic heterocycles. The van der Waals surface area contributed by atoms with Gasteiger partial charge in [-0.1, -0.05) is 30.3 Å². The maximum Gasteiger partial charge on any atom is 0.408 e. The molecule has 9 nitrogen and oxygen atoms in total. The Morgan fingerprint density at radius 2 is 1.80 bits per heavy atom. The Hall–Kier alpha value is -4.09. The van der Waals surface area contributed by atoms with Crippen LogP contribution >= 0.6 is 0 Å². The number of carbonyl (C=O) groups excluding carboxylic acids is 2. The predicted molar refractivity (Wildman–Crippen MR) is 138 cm³/mol. The molecule has 2 aliphatic rings. The summed E-state index contributed by atoms with van der Waals surface area (Å²) >= 11 is 0. The van der Waals surface area contributed by atoms with Crippen LogP contribution in [0.1, 0.15) is 42.9 Å². The van der Waals surface area contributed by atoms with E-state index >= 15 is 0 Å².